The summed E-state index contributed by atoms with van der Waals surface area (Å²) in [5, 5.41) is 3.82. The Balaban J connectivity index is 1.57. The Bertz CT molecular complexity index is 1170. The highest BCUT2D eigenvalue weighted by Crippen LogP contribution is 2.33. The maximum atomic E-state index is 13.7. The zero-order chi connectivity index (χ0) is 21.6. The van der Waals surface area contributed by atoms with Gasteiger partial charge in [-0.05, 0) is 49.6 Å². The van der Waals surface area contributed by atoms with Crippen LogP contribution < -0.4 is 5.32 Å². The molecule has 7 heteroatoms. The van der Waals surface area contributed by atoms with Gasteiger partial charge in [0.05, 0.1) is 17.6 Å². The molecule has 0 spiro atoms. The first-order chi connectivity index (χ1) is 15.0. The fraction of sp³-hybridized carbons (Fsp3) is 0.375. The van der Waals surface area contributed by atoms with Gasteiger partial charge in [0, 0.05) is 17.6 Å². The monoisotopic (exact) mass is 436 g/mol. The Hall–Kier alpha value is -2.86. The number of fused-ring (bicyclic) bond motifs is 3. The van der Waals surface area contributed by atoms with Crippen molar-refractivity contribution in [3.05, 3.63) is 64.9 Å². The molecule has 0 bridgehead atoms. The van der Waals surface area contributed by atoms with Crippen molar-refractivity contribution in [3.63, 3.8) is 0 Å². The number of benzene rings is 2. The number of nitrogens with one attached hydrogen (secondary N) is 1. The second-order valence-electron chi connectivity index (χ2n) is 8.76. The van der Waals surface area contributed by atoms with E-state index in [2.05, 4.69) is 10.3 Å². The zero-order valence-corrected chi connectivity index (χ0v) is 18.2. The maximum Gasteiger partial charge on any atom is 0.291 e. The topological polar surface area (TPSA) is 67.2 Å². The summed E-state index contributed by atoms with van der Waals surface area (Å²) in [7, 11) is 0. The number of para-hydroxylation sites is 2. The Labute approximate surface area is 186 Å². The number of hydrogen-bond donors (Lipinski definition) is 1. The lowest BCUT2D eigenvalue weighted by molar-refractivity contribution is -0.133. The number of imidazole rings is 1. The highest BCUT2D eigenvalue weighted by atomic mass is 35.5. The minimum atomic E-state index is -1.04. The van der Waals surface area contributed by atoms with Crippen LogP contribution >= 0.6 is 11.6 Å². The Morgan fingerprint density at radius 2 is 1.97 bits per heavy atom. The lowest BCUT2D eigenvalue weighted by atomic mass is 9.93. The van der Waals surface area contributed by atoms with Crippen molar-refractivity contribution in [2.24, 2.45) is 0 Å². The van der Waals surface area contributed by atoms with Gasteiger partial charge >= 0.3 is 0 Å². The molecule has 5 rings (SSSR count). The molecule has 1 saturated carbocycles. The predicted molar refractivity (Wildman–Crippen MR) is 120 cm³/mol. The number of carbonyl (C=O) groups excluding carboxylic acids is 2. The van der Waals surface area contributed by atoms with Gasteiger partial charge in [-0.15, -0.1) is 0 Å². The molecule has 0 saturated heterocycles. The van der Waals surface area contributed by atoms with Gasteiger partial charge in [-0.1, -0.05) is 48.7 Å². The Morgan fingerprint density at radius 1 is 1.19 bits per heavy atom. The van der Waals surface area contributed by atoms with Crippen molar-refractivity contribution in [2.75, 3.05) is 0 Å². The third-order valence-electron chi connectivity index (χ3n) is 6.56. The molecule has 3 aromatic rings. The summed E-state index contributed by atoms with van der Waals surface area (Å²) in [6.45, 7) is 2.50. The number of rotatable bonds is 4. The standard InChI is InChI=1S/C24H25ClN4O2/c1-24(23(31)26-18-9-2-3-10-18)15-28-20-12-5-4-11-19(20)27-21(28)22(30)29(24)14-16-7-6-8-17(25)13-16/h4-8,11-13,18H,2-3,9-10,14-15H2,1H3,(H,26,31). The van der Waals surface area contributed by atoms with Crippen LogP contribution in [0.4, 0.5) is 0 Å². The van der Waals surface area contributed by atoms with E-state index in [-0.39, 0.29) is 24.4 Å². The van der Waals surface area contributed by atoms with Crippen LogP contribution in [0, 0.1) is 0 Å². The lowest BCUT2D eigenvalue weighted by Gasteiger charge is -2.44. The van der Waals surface area contributed by atoms with Crippen molar-refractivity contribution in [2.45, 2.75) is 57.3 Å². The molecular formula is C24H25ClN4O2. The SMILES string of the molecule is CC1(C(=O)NC2CCCC2)Cn2c(nc3ccccc32)C(=O)N1Cc1cccc(Cl)c1. The normalized spacial score (nSPS) is 21.5. The van der Waals surface area contributed by atoms with Crippen LogP contribution in [0.25, 0.3) is 11.0 Å². The fourth-order valence-corrected chi connectivity index (χ4v) is 5.02. The van der Waals surface area contributed by atoms with E-state index in [0.29, 0.717) is 17.4 Å². The van der Waals surface area contributed by atoms with E-state index in [9.17, 15) is 9.59 Å². The largest absolute Gasteiger partial charge is 0.351 e. The molecule has 1 unspecified atom stereocenters. The van der Waals surface area contributed by atoms with Gasteiger partial charge in [-0.2, -0.15) is 0 Å². The van der Waals surface area contributed by atoms with Crippen molar-refractivity contribution < 1.29 is 9.59 Å². The predicted octanol–water partition coefficient (Wildman–Crippen LogP) is 4.16. The number of aromatic nitrogens is 2. The van der Waals surface area contributed by atoms with E-state index in [1.807, 2.05) is 54.0 Å². The first-order valence-electron chi connectivity index (χ1n) is 10.8. The summed E-state index contributed by atoms with van der Waals surface area (Å²) < 4.78 is 1.89. The second kappa shape index (κ2) is 7.68. The highest BCUT2D eigenvalue weighted by molar-refractivity contribution is 6.30. The summed E-state index contributed by atoms with van der Waals surface area (Å²) in [6, 6.07) is 15.3. The van der Waals surface area contributed by atoms with Gasteiger partial charge in [0.25, 0.3) is 5.91 Å². The van der Waals surface area contributed by atoms with Crippen LogP contribution in [0.3, 0.4) is 0 Å². The number of halogens is 1. The summed E-state index contributed by atoms with van der Waals surface area (Å²) in [5.74, 6) is 0.0130. The van der Waals surface area contributed by atoms with E-state index in [1.54, 1.807) is 11.0 Å². The number of carbonyl (C=O) groups is 2. The van der Waals surface area contributed by atoms with Crippen LogP contribution in [0.5, 0.6) is 0 Å². The molecule has 1 aliphatic carbocycles. The lowest BCUT2D eigenvalue weighted by Crippen LogP contribution is -2.64. The van der Waals surface area contributed by atoms with Crippen LogP contribution in [-0.2, 0) is 17.9 Å². The molecular weight excluding hydrogens is 412 g/mol. The smallest absolute Gasteiger partial charge is 0.291 e. The molecule has 1 N–H and O–H groups in total. The molecule has 2 amide bonds. The second-order valence-corrected chi connectivity index (χ2v) is 9.20. The van der Waals surface area contributed by atoms with Crippen molar-refractivity contribution in [1.82, 2.24) is 19.8 Å². The molecule has 1 atom stereocenters. The average Bonchev–Trinajstić information content (AvgIpc) is 3.39. The average molecular weight is 437 g/mol. The van der Waals surface area contributed by atoms with Gasteiger partial charge < -0.3 is 14.8 Å². The highest BCUT2D eigenvalue weighted by Gasteiger charge is 2.48. The summed E-state index contributed by atoms with van der Waals surface area (Å²) in [4.78, 5) is 33.5. The van der Waals surface area contributed by atoms with Gasteiger partial charge in [0.2, 0.25) is 5.91 Å². The molecule has 31 heavy (non-hydrogen) atoms. The fourth-order valence-electron chi connectivity index (χ4n) is 4.81. The molecule has 0 radical (unpaired) electrons. The number of hydrogen-bond acceptors (Lipinski definition) is 3. The van der Waals surface area contributed by atoms with Crippen LogP contribution in [-0.4, -0.2) is 37.8 Å². The van der Waals surface area contributed by atoms with Gasteiger partial charge in [-0.3, -0.25) is 9.59 Å². The number of nitrogens with zero attached hydrogens (tertiary/aromatic N) is 3. The quantitative estimate of drug-likeness (QED) is 0.667. The molecule has 2 aromatic carbocycles. The molecule has 6 nitrogen and oxygen atoms in total. The first-order valence-corrected chi connectivity index (χ1v) is 11.2. The summed E-state index contributed by atoms with van der Waals surface area (Å²) in [5.41, 5.74) is 1.46. The third-order valence-corrected chi connectivity index (χ3v) is 6.80. The zero-order valence-electron chi connectivity index (χ0n) is 17.5. The van der Waals surface area contributed by atoms with E-state index in [4.69, 9.17) is 11.6 Å². The van der Waals surface area contributed by atoms with Crippen molar-refractivity contribution >= 4 is 34.4 Å². The Kier molecular flexibility index (Phi) is 4.97. The van der Waals surface area contributed by atoms with E-state index < -0.39 is 5.54 Å². The molecule has 160 valence electrons. The van der Waals surface area contributed by atoms with Gasteiger partial charge in [0.15, 0.2) is 5.82 Å². The van der Waals surface area contributed by atoms with E-state index in [0.717, 1.165) is 42.3 Å². The minimum Gasteiger partial charge on any atom is -0.351 e. The Morgan fingerprint density at radius 3 is 2.74 bits per heavy atom. The van der Waals surface area contributed by atoms with E-state index in [1.165, 1.54) is 0 Å². The van der Waals surface area contributed by atoms with Crippen molar-refractivity contribution in [1.29, 1.82) is 0 Å². The van der Waals surface area contributed by atoms with Crippen molar-refractivity contribution in [3.8, 4) is 0 Å². The third kappa shape index (κ3) is 3.49. The number of amides is 2. The molecule has 2 aliphatic rings. The van der Waals surface area contributed by atoms with E-state index >= 15 is 0 Å². The summed E-state index contributed by atoms with van der Waals surface area (Å²) >= 11 is 6.18. The van der Waals surface area contributed by atoms with Crippen LogP contribution in [0.15, 0.2) is 48.5 Å². The van der Waals surface area contributed by atoms with Crippen LogP contribution in [0.2, 0.25) is 5.02 Å². The molecule has 1 aliphatic heterocycles. The van der Waals surface area contributed by atoms with Gasteiger partial charge in [0.1, 0.15) is 5.54 Å². The summed E-state index contributed by atoms with van der Waals surface area (Å²) in [6.07, 6.45) is 4.24. The first kappa shape index (κ1) is 20.1. The van der Waals surface area contributed by atoms with Gasteiger partial charge in [-0.25, -0.2) is 4.98 Å². The maximum absolute atomic E-state index is 13.7. The minimum absolute atomic E-state index is 0.113. The van der Waals surface area contributed by atoms with Crippen LogP contribution in [0.1, 0.15) is 48.8 Å². The molecule has 2 heterocycles. The molecule has 1 fully saturated rings. The molecule has 1 aromatic heterocycles.